The molecule has 0 saturated heterocycles. The van der Waals surface area contributed by atoms with E-state index in [0.717, 1.165) is 22.2 Å². The van der Waals surface area contributed by atoms with Gasteiger partial charge in [0.15, 0.2) is 0 Å². The Morgan fingerprint density at radius 1 is 1.04 bits per heavy atom. The van der Waals surface area contributed by atoms with Crippen LogP contribution in [0.1, 0.15) is 10.5 Å². The first-order valence-corrected chi connectivity index (χ1v) is 7.62. The molecule has 0 aliphatic heterocycles. The van der Waals surface area contributed by atoms with Crippen LogP contribution in [0.3, 0.4) is 0 Å². The van der Waals surface area contributed by atoms with E-state index in [1.54, 1.807) is 48.1 Å². The number of hydrogen-bond donors (Lipinski definition) is 1. The first-order chi connectivity index (χ1) is 12.1. The summed E-state index contributed by atoms with van der Waals surface area (Å²) in [4.78, 5) is 29.0. The van der Waals surface area contributed by atoms with Gasteiger partial charge in [-0.15, -0.1) is 0 Å². The number of pyridine rings is 2. The lowest BCUT2D eigenvalue weighted by atomic mass is 10.1. The van der Waals surface area contributed by atoms with E-state index in [9.17, 15) is 4.79 Å². The van der Waals surface area contributed by atoms with Crippen molar-refractivity contribution in [2.45, 2.75) is 0 Å². The lowest BCUT2D eigenvalue weighted by Gasteiger charge is -2.06. The van der Waals surface area contributed by atoms with Gasteiger partial charge >= 0.3 is 0 Å². The van der Waals surface area contributed by atoms with Crippen molar-refractivity contribution < 1.29 is 4.79 Å². The summed E-state index contributed by atoms with van der Waals surface area (Å²) in [6, 6.07) is 3.79. The van der Waals surface area contributed by atoms with Crippen LogP contribution in [-0.2, 0) is 14.1 Å². The van der Waals surface area contributed by atoms with E-state index in [1.165, 1.54) is 0 Å². The number of amides is 1. The Bertz CT molecular complexity index is 1080. The van der Waals surface area contributed by atoms with Gasteiger partial charge in [-0.05, 0) is 12.1 Å². The van der Waals surface area contributed by atoms with Gasteiger partial charge in [0, 0.05) is 37.4 Å². The van der Waals surface area contributed by atoms with Gasteiger partial charge in [0.2, 0.25) is 0 Å². The molecule has 0 radical (unpaired) electrons. The second kappa shape index (κ2) is 5.82. The molecule has 0 atom stereocenters. The topological polar surface area (TPSA) is 90.5 Å². The first-order valence-electron chi connectivity index (χ1n) is 7.62. The van der Waals surface area contributed by atoms with Gasteiger partial charge in [0.1, 0.15) is 11.5 Å². The Balaban J connectivity index is 1.67. The molecule has 0 aromatic carbocycles. The van der Waals surface area contributed by atoms with Crippen molar-refractivity contribution in [1.29, 1.82) is 0 Å². The minimum Gasteiger partial charge on any atom is -0.340 e. The molecule has 1 N–H and O–H groups in total. The molecule has 0 aliphatic carbocycles. The number of nitrogens with zero attached hydrogens (tertiary/aromatic N) is 6. The van der Waals surface area contributed by atoms with Crippen LogP contribution in [0.2, 0.25) is 0 Å². The maximum Gasteiger partial charge on any atom is 0.276 e. The van der Waals surface area contributed by atoms with Gasteiger partial charge in [-0.3, -0.25) is 9.78 Å². The van der Waals surface area contributed by atoms with Gasteiger partial charge in [0.05, 0.1) is 36.3 Å². The van der Waals surface area contributed by atoms with Crippen LogP contribution in [0.25, 0.3) is 22.2 Å². The maximum atomic E-state index is 12.2. The summed E-state index contributed by atoms with van der Waals surface area (Å²) in [6.07, 6.45) is 10.2. The fraction of sp³-hybridized carbons (Fsp3) is 0.118. The summed E-state index contributed by atoms with van der Waals surface area (Å²) in [5.41, 5.74) is 3.00. The molecule has 0 saturated carbocycles. The zero-order chi connectivity index (χ0) is 17.4. The Morgan fingerprint density at radius 2 is 1.92 bits per heavy atom. The number of carbonyl (C=O) groups is 1. The third kappa shape index (κ3) is 2.85. The van der Waals surface area contributed by atoms with Crippen LogP contribution in [-0.4, -0.2) is 35.0 Å². The molecule has 0 unspecified atom stereocenters. The van der Waals surface area contributed by atoms with Crippen LogP contribution < -0.4 is 5.32 Å². The number of rotatable bonds is 3. The second-order valence-electron chi connectivity index (χ2n) is 5.75. The van der Waals surface area contributed by atoms with Crippen molar-refractivity contribution in [3.8, 4) is 11.3 Å². The summed E-state index contributed by atoms with van der Waals surface area (Å²) in [7, 11) is 3.74. The normalized spacial score (nSPS) is 11.0. The smallest absolute Gasteiger partial charge is 0.276 e. The Hall–Kier alpha value is -3.55. The van der Waals surface area contributed by atoms with E-state index in [0.29, 0.717) is 11.5 Å². The number of aryl methyl sites for hydroxylation is 2. The highest BCUT2D eigenvalue weighted by Crippen LogP contribution is 2.23. The Kier molecular flexibility index (Phi) is 3.50. The predicted octanol–water partition coefficient (Wildman–Crippen LogP) is 2.02. The fourth-order valence-electron chi connectivity index (χ4n) is 2.59. The molecule has 0 aliphatic rings. The number of fused-ring (bicyclic) bond motifs is 1. The molecular formula is C17H15N7O. The van der Waals surface area contributed by atoms with Crippen LogP contribution in [0.4, 0.5) is 5.82 Å². The summed E-state index contributed by atoms with van der Waals surface area (Å²) in [5.74, 6) is 0.148. The average molecular weight is 333 g/mol. The maximum absolute atomic E-state index is 12.2. The van der Waals surface area contributed by atoms with Crippen LogP contribution in [0.15, 0.2) is 49.6 Å². The minimum atomic E-state index is -0.303. The number of nitrogens with one attached hydrogen (secondary N) is 1. The quantitative estimate of drug-likeness (QED) is 0.619. The molecule has 4 aromatic rings. The molecule has 4 aromatic heterocycles. The molecule has 4 rings (SSSR count). The van der Waals surface area contributed by atoms with E-state index >= 15 is 0 Å². The van der Waals surface area contributed by atoms with E-state index in [-0.39, 0.29) is 5.91 Å². The Labute approximate surface area is 143 Å². The van der Waals surface area contributed by atoms with Crippen molar-refractivity contribution in [1.82, 2.24) is 29.1 Å². The molecule has 1 amide bonds. The third-order valence-corrected chi connectivity index (χ3v) is 3.86. The van der Waals surface area contributed by atoms with Crippen LogP contribution >= 0.6 is 0 Å². The Morgan fingerprint density at radius 3 is 2.64 bits per heavy atom. The molecule has 0 fully saturated rings. The fourth-order valence-corrected chi connectivity index (χ4v) is 2.59. The molecule has 0 bridgehead atoms. The monoisotopic (exact) mass is 333 g/mol. The molecule has 8 nitrogen and oxygen atoms in total. The van der Waals surface area contributed by atoms with E-state index in [1.807, 2.05) is 24.7 Å². The van der Waals surface area contributed by atoms with Gasteiger partial charge in [-0.25, -0.2) is 15.0 Å². The SMILES string of the molecule is Cn1cnc(C(=O)Nc2cc3cc(-c4cncn4C)cnc3cn2)c1. The second-order valence-corrected chi connectivity index (χ2v) is 5.75. The summed E-state index contributed by atoms with van der Waals surface area (Å²) in [6.45, 7) is 0. The lowest BCUT2D eigenvalue weighted by molar-refractivity contribution is 0.102. The van der Waals surface area contributed by atoms with Crippen molar-refractivity contribution in [3.05, 3.63) is 55.3 Å². The first kappa shape index (κ1) is 15.0. The highest BCUT2D eigenvalue weighted by molar-refractivity contribution is 6.03. The van der Waals surface area contributed by atoms with Gasteiger partial charge in [0.25, 0.3) is 5.91 Å². The van der Waals surface area contributed by atoms with Crippen LogP contribution in [0.5, 0.6) is 0 Å². The van der Waals surface area contributed by atoms with E-state index < -0.39 is 0 Å². The molecule has 8 heteroatoms. The molecular weight excluding hydrogens is 318 g/mol. The van der Waals surface area contributed by atoms with Crippen LogP contribution in [0, 0.1) is 0 Å². The molecule has 124 valence electrons. The average Bonchev–Trinajstić information content (AvgIpc) is 3.22. The lowest BCUT2D eigenvalue weighted by Crippen LogP contribution is -2.13. The zero-order valence-corrected chi connectivity index (χ0v) is 13.7. The summed E-state index contributed by atoms with van der Waals surface area (Å²) in [5, 5.41) is 3.64. The number of anilines is 1. The number of imidazole rings is 2. The zero-order valence-electron chi connectivity index (χ0n) is 13.7. The largest absolute Gasteiger partial charge is 0.340 e. The predicted molar refractivity (Wildman–Crippen MR) is 92.9 cm³/mol. The summed E-state index contributed by atoms with van der Waals surface area (Å²) < 4.78 is 3.64. The van der Waals surface area contributed by atoms with Gasteiger partial charge in [-0.2, -0.15) is 0 Å². The third-order valence-electron chi connectivity index (χ3n) is 3.86. The number of hydrogen-bond acceptors (Lipinski definition) is 5. The molecule has 0 spiro atoms. The summed E-state index contributed by atoms with van der Waals surface area (Å²) >= 11 is 0. The molecule has 4 heterocycles. The van der Waals surface area contributed by atoms with E-state index in [2.05, 4.69) is 25.3 Å². The van der Waals surface area contributed by atoms with Gasteiger partial charge in [-0.1, -0.05) is 0 Å². The van der Waals surface area contributed by atoms with Crippen molar-refractivity contribution in [2.75, 3.05) is 5.32 Å². The highest BCUT2D eigenvalue weighted by Gasteiger charge is 2.11. The highest BCUT2D eigenvalue weighted by atomic mass is 16.2. The number of aromatic nitrogens is 6. The van der Waals surface area contributed by atoms with Crippen molar-refractivity contribution in [3.63, 3.8) is 0 Å². The van der Waals surface area contributed by atoms with Gasteiger partial charge < -0.3 is 14.5 Å². The minimum absolute atomic E-state index is 0.303. The standard InChI is InChI=1S/C17H15N7O/c1-23-8-14(21-10-23)17(25)22-16-4-11-3-12(5-19-13(11)6-20-16)15-7-18-9-24(15)2/h3-10H,1-2H3,(H,20,22,25). The van der Waals surface area contributed by atoms with Crippen molar-refractivity contribution in [2.24, 2.45) is 14.1 Å². The van der Waals surface area contributed by atoms with E-state index in [4.69, 9.17) is 0 Å². The number of carbonyl (C=O) groups excluding carboxylic acids is 1. The van der Waals surface area contributed by atoms with Crippen molar-refractivity contribution >= 4 is 22.6 Å². The molecule has 25 heavy (non-hydrogen) atoms.